The van der Waals surface area contributed by atoms with Crippen molar-refractivity contribution < 1.29 is 26.4 Å². The van der Waals surface area contributed by atoms with E-state index in [1.54, 1.807) is 0 Å². The normalized spacial score (nSPS) is 13.9. The molecule has 2 aromatic rings. The lowest BCUT2D eigenvalue weighted by Crippen LogP contribution is -2.29. The highest BCUT2D eigenvalue weighted by molar-refractivity contribution is 7.92. The van der Waals surface area contributed by atoms with Crippen LogP contribution in [0.5, 0.6) is 5.75 Å². The molecule has 1 amide bonds. The van der Waals surface area contributed by atoms with E-state index in [1.165, 1.54) is 56.5 Å². The van der Waals surface area contributed by atoms with Crippen molar-refractivity contribution in [2.24, 2.45) is 4.99 Å². The molecule has 12 heteroatoms. The second-order valence-corrected chi connectivity index (χ2v) is 10.1. The van der Waals surface area contributed by atoms with E-state index in [2.05, 4.69) is 19.8 Å². The van der Waals surface area contributed by atoms with E-state index < -0.39 is 26.0 Å². The van der Waals surface area contributed by atoms with Crippen LogP contribution < -0.4 is 19.5 Å². The minimum atomic E-state index is -4.08. The Bertz CT molecular complexity index is 1240. The molecule has 3 N–H and O–H groups in total. The second-order valence-electron chi connectivity index (χ2n) is 6.71. The van der Waals surface area contributed by atoms with Crippen LogP contribution in [0, 0.1) is 0 Å². The lowest BCUT2D eigenvalue weighted by molar-refractivity contribution is -0.114. The van der Waals surface area contributed by atoms with Crippen LogP contribution in [0.4, 0.5) is 11.4 Å². The zero-order chi connectivity index (χ0) is 22.6. The molecule has 31 heavy (non-hydrogen) atoms. The van der Waals surface area contributed by atoms with Crippen molar-refractivity contribution in [2.75, 3.05) is 23.7 Å². The number of hydrogen-bond donors (Lipinski definition) is 3. The number of ether oxygens (including phenoxy) is 1. The number of aliphatic imine (C=N–C) groups is 1. The number of rotatable bonds is 7. The molecule has 0 aliphatic carbocycles. The van der Waals surface area contributed by atoms with Crippen molar-refractivity contribution in [3.8, 4) is 5.75 Å². The summed E-state index contributed by atoms with van der Waals surface area (Å²) in [7, 11) is -6.58. The first-order valence-electron chi connectivity index (χ1n) is 9.25. The second kappa shape index (κ2) is 8.94. The molecule has 3 rings (SSSR count). The fourth-order valence-corrected chi connectivity index (χ4v) is 5.13. The predicted octanol–water partition coefficient (Wildman–Crippen LogP) is 1.92. The molecule has 2 aromatic carbocycles. The first-order chi connectivity index (χ1) is 14.6. The van der Waals surface area contributed by atoms with Crippen molar-refractivity contribution >= 4 is 43.2 Å². The number of anilines is 2. The van der Waals surface area contributed by atoms with Crippen molar-refractivity contribution in [1.29, 1.82) is 0 Å². The number of methoxy groups -OCH3 is 1. The predicted molar refractivity (Wildman–Crippen MR) is 116 cm³/mol. The maximum atomic E-state index is 12.8. The molecule has 0 spiro atoms. The van der Waals surface area contributed by atoms with Gasteiger partial charge in [0.1, 0.15) is 11.6 Å². The highest BCUT2D eigenvalue weighted by Gasteiger charge is 2.21. The fourth-order valence-electron chi connectivity index (χ4n) is 2.92. The minimum Gasteiger partial charge on any atom is -0.495 e. The Kier molecular flexibility index (Phi) is 6.51. The highest BCUT2D eigenvalue weighted by atomic mass is 32.2. The summed E-state index contributed by atoms with van der Waals surface area (Å²) in [5, 5.41) is 2.51. The Morgan fingerprint density at radius 3 is 2.35 bits per heavy atom. The highest BCUT2D eigenvalue weighted by Crippen LogP contribution is 2.29. The van der Waals surface area contributed by atoms with Gasteiger partial charge in [0.2, 0.25) is 5.91 Å². The summed E-state index contributed by atoms with van der Waals surface area (Å²) >= 11 is 0. The summed E-state index contributed by atoms with van der Waals surface area (Å²) < 4.78 is 60.7. The number of amides is 1. The van der Waals surface area contributed by atoms with Crippen LogP contribution in [0.1, 0.15) is 19.8 Å². The molecule has 0 bridgehead atoms. The maximum absolute atomic E-state index is 12.8. The third-order valence-corrected chi connectivity index (χ3v) is 7.07. The standard InChI is InChI=1S/C19H22N4O6S2/c1-13(24)21-17-12-16(8-9-18(17)29-2)30(25,26)22-14-5-3-6-15(11-14)31(27,28)23-19-7-4-10-20-19/h3,5-6,8-9,11-12,22H,4,7,10H2,1-2H3,(H,20,23)(H,21,24). The van der Waals surface area contributed by atoms with Gasteiger partial charge in [0.15, 0.2) is 0 Å². The van der Waals surface area contributed by atoms with Gasteiger partial charge < -0.3 is 10.1 Å². The van der Waals surface area contributed by atoms with Crippen LogP contribution in [-0.4, -0.2) is 42.2 Å². The van der Waals surface area contributed by atoms with Gasteiger partial charge >= 0.3 is 0 Å². The summed E-state index contributed by atoms with van der Waals surface area (Å²) in [6.07, 6.45) is 1.32. The van der Waals surface area contributed by atoms with Gasteiger partial charge in [-0.3, -0.25) is 19.2 Å². The molecule has 0 aromatic heterocycles. The van der Waals surface area contributed by atoms with Crippen molar-refractivity contribution in [3.05, 3.63) is 42.5 Å². The van der Waals surface area contributed by atoms with Crippen molar-refractivity contribution in [3.63, 3.8) is 0 Å². The molecule has 0 saturated carbocycles. The largest absolute Gasteiger partial charge is 0.495 e. The number of benzene rings is 2. The Morgan fingerprint density at radius 2 is 1.71 bits per heavy atom. The van der Waals surface area contributed by atoms with E-state index in [0.29, 0.717) is 24.6 Å². The van der Waals surface area contributed by atoms with Crippen molar-refractivity contribution in [2.45, 2.75) is 29.6 Å². The minimum absolute atomic E-state index is 0.0631. The van der Waals surface area contributed by atoms with Crippen molar-refractivity contribution in [1.82, 2.24) is 4.72 Å². The summed E-state index contributed by atoms with van der Waals surface area (Å²) in [5.41, 5.74) is 0.254. The van der Waals surface area contributed by atoms with Crippen LogP contribution in [0.2, 0.25) is 0 Å². The topological polar surface area (TPSA) is 143 Å². The number of carbonyl (C=O) groups is 1. The van der Waals surface area contributed by atoms with Gasteiger partial charge in [-0.2, -0.15) is 0 Å². The third-order valence-electron chi connectivity index (χ3n) is 4.32. The van der Waals surface area contributed by atoms with E-state index in [1.807, 2.05) is 0 Å². The van der Waals surface area contributed by atoms with Gasteiger partial charge in [-0.1, -0.05) is 6.07 Å². The fraction of sp³-hybridized carbons (Fsp3) is 0.263. The number of carbonyl (C=O) groups excluding carboxylic acids is 1. The Hall–Kier alpha value is -3.12. The molecule has 0 atom stereocenters. The molecule has 0 saturated heterocycles. The van der Waals surface area contributed by atoms with E-state index in [-0.39, 0.29) is 21.2 Å². The molecule has 0 radical (unpaired) electrons. The summed E-state index contributed by atoms with van der Waals surface area (Å²) in [6, 6.07) is 9.41. The zero-order valence-corrected chi connectivity index (χ0v) is 18.5. The van der Waals surface area contributed by atoms with Gasteiger partial charge in [-0.25, -0.2) is 16.8 Å². The quantitative estimate of drug-likeness (QED) is 0.569. The molecule has 166 valence electrons. The van der Waals surface area contributed by atoms with Crippen LogP contribution in [-0.2, 0) is 24.8 Å². The lowest BCUT2D eigenvalue weighted by atomic mass is 10.3. The molecular weight excluding hydrogens is 444 g/mol. The number of amidine groups is 1. The first kappa shape index (κ1) is 22.6. The van der Waals surface area contributed by atoms with E-state index in [4.69, 9.17) is 4.74 Å². The van der Waals surface area contributed by atoms with Gasteiger partial charge in [0.25, 0.3) is 20.0 Å². The molecule has 10 nitrogen and oxygen atoms in total. The first-order valence-corrected chi connectivity index (χ1v) is 12.2. The number of hydrogen-bond acceptors (Lipinski definition) is 7. The molecule has 0 fully saturated rings. The van der Waals surface area contributed by atoms with Gasteiger partial charge in [0.05, 0.1) is 28.3 Å². The summed E-state index contributed by atoms with van der Waals surface area (Å²) in [4.78, 5) is 15.2. The van der Waals surface area contributed by atoms with Crippen LogP contribution in [0.3, 0.4) is 0 Å². The van der Waals surface area contributed by atoms with Gasteiger partial charge in [-0.15, -0.1) is 0 Å². The van der Waals surface area contributed by atoms with E-state index in [0.717, 1.165) is 6.42 Å². The molecule has 1 aliphatic rings. The Labute approximate surface area is 180 Å². The Morgan fingerprint density at radius 1 is 1.00 bits per heavy atom. The lowest BCUT2D eigenvalue weighted by Gasteiger charge is -2.13. The number of nitrogens with zero attached hydrogens (tertiary/aromatic N) is 1. The van der Waals surface area contributed by atoms with Crippen LogP contribution >= 0.6 is 0 Å². The summed E-state index contributed by atoms with van der Waals surface area (Å²) in [5.74, 6) is 0.288. The average Bonchev–Trinajstić information content (AvgIpc) is 3.19. The number of sulfonamides is 2. The van der Waals surface area contributed by atoms with Gasteiger partial charge in [0, 0.05) is 19.9 Å². The van der Waals surface area contributed by atoms with E-state index >= 15 is 0 Å². The monoisotopic (exact) mass is 466 g/mol. The maximum Gasteiger partial charge on any atom is 0.262 e. The smallest absolute Gasteiger partial charge is 0.262 e. The average molecular weight is 467 g/mol. The molecular formula is C19H22N4O6S2. The summed E-state index contributed by atoms with van der Waals surface area (Å²) in [6.45, 7) is 1.86. The molecule has 1 aliphatic heterocycles. The zero-order valence-electron chi connectivity index (χ0n) is 16.9. The molecule has 1 heterocycles. The van der Waals surface area contributed by atoms with E-state index in [9.17, 15) is 21.6 Å². The molecule has 0 unspecified atom stereocenters. The third kappa shape index (κ3) is 5.52. The van der Waals surface area contributed by atoms with Crippen LogP contribution in [0.15, 0.2) is 57.2 Å². The van der Waals surface area contributed by atoms with Crippen LogP contribution in [0.25, 0.3) is 0 Å². The Balaban J connectivity index is 1.87. The number of nitrogens with one attached hydrogen (secondary N) is 3. The SMILES string of the molecule is COc1ccc(S(=O)(=O)Nc2cccc(S(=O)(=O)NC3=NCCC3)c2)cc1NC(C)=O. The van der Waals surface area contributed by atoms with Gasteiger partial charge in [-0.05, 0) is 42.8 Å².